The lowest BCUT2D eigenvalue weighted by Gasteiger charge is -2.25. The molecule has 5 heteroatoms. The van der Waals surface area contributed by atoms with Gasteiger partial charge in [0, 0.05) is 13.6 Å². The molecule has 2 rings (SSSR count). The first-order chi connectivity index (χ1) is 8.08. The molecule has 1 aromatic heterocycles. The molecule has 0 amide bonds. The molecule has 1 heterocycles. The number of aliphatic hydroxyl groups is 1. The van der Waals surface area contributed by atoms with Gasteiger partial charge in [0.15, 0.2) is 0 Å². The van der Waals surface area contributed by atoms with Gasteiger partial charge in [-0.25, -0.2) is 0 Å². The number of anilines is 2. The largest absolute Gasteiger partial charge is 0.394 e. The Balaban J connectivity index is 1.89. The Morgan fingerprint density at radius 2 is 2.06 bits per heavy atom. The molecule has 0 aromatic carbocycles. The first-order valence-electron chi connectivity index (χ1n) is 6.29. The number of aryl methyl sites for hydroxylation is 2. The van der Waals surface area contributed by atoms with Crippen LogP contribution in [0.5, 0.6) is 0 Å². The number of hydrogen-bond acceptors (Lipinski definition) is 4. The van der Waals surface area contributed by atoms with Gasteiger partial charge in [0.2, 0.25) is 0 Å². The van der Waals surface area contributed by atoms with Crippen LogP contribution in [0.15, 0.2) is 0 Å². The van der Waals surface area contributed by atoms with E-state index in [1.54, 1.807) is 4.68 Å². The van der Waals surface area contributed by atoms with E-state index in [0.717, 1.165) is 49.4 Å². The fourth-order valence-electron chi connectivity index (χ4n) is 2.47. The van der Waals surface area contributed by atoms with Gasteiger partial charge in [-0.1, -0.05) is 0 Å². The van der Waals surface area contributed by atoms with Crippen molar-refractivity contribution in [3.63, 3.8) is 0 Å². The molecule has 0 saturated heterocycles. The summed E-state index contributed by atoms with van der Waals surface area (Å²) in [4.78, 5) is 0. The Morgan fingerprint density at radius 3 is 2.59 bits per heavy atom. The Labute approximate surface area is 102 Å². The molecule has 0 radical (unpaired) electrons. The van der Waals surface area contributed by atoms with Crippen LogP contribution in [0.4, 0.5) is 11.5 Å². The Morgan fingerprint density at radius 1 is 1.41 bits per heavy atom. The summed E-state index contributed by atoms with van der Waals surface area (Å²) in [5, 5.41) is 17.1. The molecule has 1 aromatic rings. The van der Waals surface area contributed by atoms with Crippen molar-refractivity contribution >= 4 is 11.5 Å². The molecule has 1 saturated carbocycles. The van der Waals surface area contributed by atoms with E-state index in [0.29, 0.717) is 5.92 Å². The van der Waals surface area contributed by atoms with Crippen molar-refractivity contribution in [3.05, 3.63) is 5.69 Å². The second-order valence-corrected chi connectivity index (χ2v) is 5.03. The van der Waals surface area contributed by atoms with Crippen LogP contribution in [0.3, 0.4) is 0 Å². The third-order valence-corrected chi connectivity index (χ3v) is 3.64. The number of aliphatic hydroxyl groups excluding tert-OH is 1. The van der Waals surface area contributed by atoms with Gasteiger partial charge in [0.05, 0.1) is 17.5 Å². The highest BCUT2D eigenvalue weighted by molar-refractivity contribution is 5.64. The maximum Gasteiger partial charge on any atom is 0.147 e. The standard InChI is InChI=1S/C12H22N4O/c1-8-11(13)12(16(2)15-8)14-7-9-3-5-10(17)6-4-9/h9-10,14,17H,3-7,13H2,1-2H3. The van der Waals surface area contributed by atoms with E-state index >= 15 is 0 Å². The highest BCUT2D eigenvalue weighted by atomic mass is 16.3. The minimum atomic E-state index is -0.0877. The van der Waals surface area contributed by atoms with Crippen molar-refractivity contribution in [3.8, 4) is 0 Å². The van der Waals surface area contributed by atoms with Crippen LogP contribution in [-0.4, -0.2) is 27.5 Å². The monoisotopic (exact) mass is 238 g/mol. The average Bonchev–Trinajstić information content (AvgIpc) is 2.54. The number of rotatable bonds is 3. The summed E-state index contributed by atoms with van der Waals surface area (Å²) in [6, 6.07) is 0. The number of hydrogen-bond donors (Lipinski definition) is 3. The van der Waals surface area contributed by atoms with E-state index in [4.69, 9.17) is 5.73 Å². The summed E-state index contributed by atoms with van der Waals surface area (Å²) >= 11 is 0. The number of nitrogen functional groups attached to an aromatic ring is 1. The van der Waals surface area contributed by atoms with E-state index in [1.807, 2.05) is 14.0 Å². The fraction of sp³-hybridized carbons (Fsp3) is 0.750. The first-order valence-corrected chi connectivity index (χ1v) is 6.29. The molecule has 0 bridgehead atoms. The summed E-state index contributed by atoms with van der Waals surface area (Å²) < 4.78 is 1.79. The van der Waals surface area contributed by atoms with E-state index in [9.17, 15) is 5.11 Å². The van der Waals surface area contributed by atoms with E-state index in [-0.39, 0.29) is 6.10 Å². The van der Waals surface area contributed by atoms with Crippen LogP contribution >= 0.6 is 0 Å². The summed E-state index contributed by atoms with van der Waals surface area (Å²) in [5.41, 5.74) is 7.56. The fourth-order valence-corrected chi connectivity index (χ4v) is 2.47. The molecule has 5 nitrogen and oxygen atoms in total. The van der Waals surface area contributed by atoms with Crippen LogP contribution in [-0.2, 0) is 7.05 Å². The molecular formula is C12H22N4O. The average molecular weight is 238 g/mol. The Kier molecular flexibility index (Phi) is 3.57. The van der Waals surface area contributed by atoms with Gasteiger partial charge < -0.3 is 16.2 Å². The van der Waals surface area contributed by atoms with Gasteiger partial charge in [-0.05, 0) is 38.5 Å². The zero-order valence-electron chi connectivity index (χ0n) is 10.6. The van der Waals surface area contributed by atoms with Crippen molar-refractivity contribution in [2.45, 2.75) is 38.7 Å². The minimum Gasteiger partial charge on any atom is -0.394 e. The second-order valence-electron chi connectivity index (χ2n) is 5.03. The van der Waals surface area contributed by atoms with Crippen molar-refractivity contribution in [1.82, 2.24) is 9.78 Å². The third kappa shape index (κ3) is 2.72. The Bertz CT molecular complexity index is 380. The molecule has 4 N–H and O–H groups in total. The van der Waals surface area contributed by atoms with Gasteiger partial charge >= 0.3 is 0 Å². The lowest BCUT2D eigenvalue weighted by molar-refractivity contribution is 0.111. The normalized spacial score (nSPS) is 24.9. The molecule has 0 aliphatic heterocycles. The summed E-state index contributed by atoms with van der Waals surface area (Å²) in [6.07, 6.45) is 3.93. The maximum absolute atomic E-state index is 9.45. The smallest absolute Gasteiger partial charge is 0.147 e. The van der Waals surface area contributed by atoms with Crippen molar-refractivity contribution < 1.29 is 5.11 Å². The number of nitrogens with two attached hydrogens (primary N) is 1. The molecule has 1 aliphatic carbocycles. The first kappa shape index (κ1) is 12.2. The lowest BCUT2D eigenvalue weighted by atomic mass is 9.87. The quantitative estimate of drug-likeness (QED) is 0.741. The van der Waals surface area contributed by atoms with Crippen LogP contribution in [0.1, 0.15) is 31.4 Å². The molecule has 1 fully saturated rings. The third-order valence-electron chi connectivity index (χ3n) is 3.64. The second kappa shape index (κ2) is 4.96. The molecule has 17 heavy (non-hydrogen) atoms. The van der Waals surface area contributed by atoms with Crippen molar-refractivity contribution in [2.24, 2.45) is 13.0 Å². The van der Waals surface area contributed by atoms with Gasteiger partial charge in [0.1, 0.15) is 5.82 Å². The van der Waals surface area contributed by atoms with Gasteiger partial charge in [-0.2, -0.15) is 5.10 Å². The summed E-state index contributed by atoms with van der Waals surface area (Å²) in [7, 11) is 1.90. The van der Waals surface area contributed by atoms with Crippen LogP contribution in [0, 0.1) is 12.8 Å². The number of nitrogens with one attached hydrogen (secondary N) is 1. The van der Waals surface area contributed by atoms with Crippen LogP contribution in [0.25, 0.3) is 0 Å². The van der Waals surface area contributed by atoms with Crippen LogP contribution in [0.2, 0.25) is 0 Å². The van der Waals surface area contributed by atoms with Gasteiger partial charge in [-0.3, -0.25) is 4.68 Å². The lowest BCUT2D eigenvalue weighted by Crippen LogP contribution is -2.24. The number of aromatic nitrogens is 2. The van der Waals surface area contributed by atoms with E-state index in [1.165, 1.54) is 0 Å². The molecule has 0 atom stereocenters. The molecule has 1 aliphatic rings. The minimum absolute atomic E-state index is 0.0877. The van der Waals surface area contributed by atoms with E-state index in [2.05, 4.69) is 10.4 Å². The van der Waals surface area contributed by atoms with E-state index < -0.39 is 0 Å². The maximum atomic E-state index is 9.45. The van der Waals surface area contributed by atoms with Crippen LogP contribution < -0.4 is 11.1 Å². The predicted molar refractivity (Wildman–Crippen MR) is 68.8 cm³/mol. The zero-order chi connectivity index (χ0) is 12.4. The number of nitrogens with zero attached hydrogens (tertiary/aromatic N) is 2. The molecule has 0 unspecified atom stereocenters. The zero-order valence-corrected chi connectivity index (χ0v) is 10.6. The van der Waals surface area contributed by atoms with Gasteiger partial charge in [0.25, 0.3) is 0 Å². The highest BCUT2D eigenvalue weighted by Crippen LogP contribution is 2.26. The highest BCUT2D eigenvalue weighted by Gasteiger charge is 2.20. The topological polar surface area (TPSA) is 76.1 Å². The Hall–Kier alpha value is -1.23. The van der Waals surface area contributed by atoms with Crippen molar-refractivity contribution in [1.29, 1.82) is 0 Å². The van der Waals surface area contributed by atoms with Crippen molar-refractivity contribution in [2.75, 3.05) is 17.6 Å². The summed E-state index contributed by atoms with van der Waals surface area (Å²) in [6.45, 7) is 2.83. The SMILES string of the molecule is Cc1nn(C)c(NCC2CCC(O)CC2)c1N. The molecular weight excluding hydrogens is 216 g/mol. The predicted octanol–water partition coefficient (Wildman–Crippen LogP) is 1.27. The summed E-state index contributed by atoms with van der Waals surface area (Å²) in [5.74, 6) is 1.54. The molecule has 0 spiro atoms. The van der Waals surface area contributed by atoms with Gasteiger partial charge in [-0.15, -0.1) is 0 Å². The molecule has 96 valence electrons.